The molecule has 24 heavy (non-hydrogen) atoms. The molecule has 0 radical (unpaired) electrons. The number of fused-ring (bicyclic) bond motifs is 1. The van der Waals surface area contributed by atoms with E-state index >= 15 is 0 Å². The molecule has 7 heteroatoms. The molecule has 0 unspecified atom stereocenters. The van der Waals surface area contributed by atoms with Crippen LogP contribution in [0, 0.1) is 6.92 Å². The first-order valence-corrected chi connectivity index (χ1v) is 7.81. The third kappa shape index (κ3) is 4.71. The number of halogens is 1. The van der Waals surface area contributed by atoms with Crippen LogP contribution in [-0.4, -0.2) is 29.3 Å². The number of ether oxygens (including phenoxy) is 1. The third-order valence-electron chi connectivity index (χ3n) is 3.51. The average molecular weight is 336 g/mol. The first-order valence-electron chi connectivity index (χ1n) is 7.81. The first-order chi connectivity index (χ1) is 11.5. The highest BCUT2D eigenvalue weighted by Gasteiger charge is 2.11. The molecule has 2 aromatic rings. The fourth-order valence-corrected chi connectivity index (χ4v) is 2.18. The predicted octanol–water partition coefficient (Wildman–Crippen LogP) is 3.98. The number of aromatic nitrogens is 1. The van der Waals surface area contributed by atoms with E-state index in [9.17, 15) is 9.18 Å². The zero-order valence-electron chi connectivity index (χ0n) is 13.8. The van der Waals surface area contributed by atoms with E-state index in [4.69, 9.17) is 14.3 Å². The lowest BCUT2D eigenvalue weighted by molar-refractivity contribution is 0.195. The Morgan fingerprint density at radius 2 is 2.29 bits per heavy atom. The molecule has 1 amide bonds. The molecule has 6 nitrogen and oxygen atoms in total. The number of unbranched alkanes of at least 4 members (excludes halogenated alkanes) is 1. The number of hydrogen-bond acceptors (Lipinski definition) is 4. The van der Waals surface area contributed by atoms with Crippen LogP contribution in [0.2, 0.25) is 0 Å². The lowest BCUT2D eigenvalue weighted by atomic mass is 10.2. The van der Waals surface area contributed by atoms with Gasteiger partial charge in [-0.1, -0.05) is 13.3 Å². The lowest BCUT2D eigenvalue weighted by Crippen LogP contribution is -2.25. The number of rotatable bonds is 8. The summed E-state index contributed by atoms with van der Waals surface area (Å²) in [5.41, 5.74) is 2.43. The number of aryl methyl sites for hydroxylation is 2. The summed E-state index contributed by atoms with van der Waals surface area (Å²) in [6, 6.07) is 3.59. The maximum Gasteiger partial charge on any atom is 0.404 e. The summed E-state index contributed by atoms with van der Waals surface area (Å²) in [6.07, 6.45) is 2.00. The van der Waals surface area contributed by atoms with E-state index in [-0.39, 0.29) is 18.7 Å². The molecule has 0 spiro atoms. The van der Waals surface area contributed by atoms with E-state index in [2.05, 4.69) is 17.2 Å². The number of benzene rings is 1. The molecule has 1 aromatic carbocycles. The smallest absolute Gasteiger partial charge is 0.404 e. The Kier molecular flexibility index (Phi) is 6.17. The molecule has 0 atom stereocenters. The van der Waals surface area contributed by atoms with Crippen LogP contribution in [0.25, 0.3) is 11.1 Å². The van der Waals surface area contributed by atoms with E-state index in [0.717, 1.165) is 30.3 Å². The van der Waals surface area contributed by atoms with Crippen molar-refractivity contribution < 1.29 is 23.4 Å². The normalized spacial score (nSPS) is 11.7. The van der Waals surface area contributed by atoms with E-state index in [1.165, 1.54) is 0 Å². The van der Waals surface area contributed by atoms with Gasteiger partial charge in [0.25, 0.3) is 0 Å². The zero-order valence-corrected chi connectivity index (χ0v) is 13.8. The number of nitrogens with zero attached hydrogens (tertiary/aromatic N) is 1. The highest BCUT2D eigenvalue weighted by Crippen LogP contribution is 2.27. The Balaban J connectivity index is 2.08. The van der Waals surface area contributed by atoms with E-state index in [0.29, 0.717) is 23.6 Å². The van der Waals surface area contributed by atoms with Crippen molar-refractivity contribution in [2.24, 2.45) is 0 Å². The minimum absolute atomic E-state index is 0.0556. The van der Waals surface area contributed by atoms with Gasteiger partial charge in [-0.25, -0.2) is 14.2 Å². The highest BCUT2D eigenvalue weighted by atomic mass is 19.1. The number of hydrogen-bond donors (Lipinski definition) is 2. The summed E-state index contributed by atoms with van der Waals surface area (Å²) in [5, 5.41) is 10.6. The molecule has 130 valence electrons. The fourth-order valence-electron chi connectivity index (χ4n) is 2.18. The molecule has 0 saturated carbocycles. The molecule has 0 bridgehead atoms. The van der Waals surface area contributed by atoms with Crippen molar-refractivity contribution in [1.82, 2.24) is 10.3 Å². The van der Waals surface area contributed by atoms with Crippen molar-refractivity contribution in [2.45, 2.75) is 33.1 Å². The number of amides is 1. The van der Waals surface area contributed by atoms with Crippen molar-refractivity contribution in [1.29, 1.82) is 0 Å². The van der Waals surface area contributed by atoms with Crippen molar-refractivity contribution in [3.05, 3.63) is 35.5 Å². The van der Waals surface area contributed by atoms with Gasteiger partial charge in [-0.15, -0.1) is 0 Å². The van der Waals surface area contributed by atoms with Crippen molar-refractivity contribution >= 4 is 17.2 Å². The second kappa shape index (κ2) is 8.33. The molecule has 0 aliphatic heterocycles. The molecule has 0 fully saturated rings. The SMILES string of the molecule is CCCCc1nc2cc(C)c(OC/C(=C/F)CNC(=O)O)cc2o1. The molecule has 0 aliphatic rings. The largest absolute Gasteiger partial charge is 0.489 e. The average Bonchev–Trinajstić information content (AvgIpc) is 2.94. The Morgan fingerprint density at radius 3 is 2.96 bits per heavy atom. The minimum atomic E-state index is -1.21. The van der Waals surface area contributed by atoms with Gasteiger partial charge in [-0.2, -0.15) is 0 Å². The molecule has 2 N–H and O–H groups in total. The van der Waals surface area contributed by atoms with E-state index in [1.54, 1.807) is 6.07 Å². The summed E-state index contributed by atoms with van der Waals surface area (Å²) >= 11 is 0. The topological polar surface area (TPSA) is 84.6 Å². The summed E-state index contributed by atoms with van der Waals surface area (Å²) < 4.78 is 24.1. The van der Waals surface area contributed by atoms with Gasteiger partial charge < -0.3 is 19.6 Å². The molecule has 0 saturated heterocycles. The lowest BCUT2D eigenvalue weighted by Gasteiger charge is -2.10. The number of carboxylic acid groups (broad SMARTS) is 1. The minimum Gasteiger partial charge on any atom is -0.489 e. The first kappa shape index (κ1) is 17.8. The van der Waals surface area contributed by atoms with Crippen LogP contribution >= 0.6 is 0 Å². The third-order valence-corrected chi connectivity index (χ3v) is 3.51. The molecule has 1 heterocycles. The number of oxazole rings is 1. The second-order valence-corrected chi connectivity index (χ2v) is 5.51. The van der Waals surface area contributed by atoms with Gasteiger partial charge in [0.2, 0.25) is 0 Å². The van der Waals surface area contributed by atoms with Crippen LogP contribution in [0.1, 0.15) is 31.2 Å². The van der Waals surface area contributed by atoms with E-state index in [1.807, 2.05) is 13.0 Å². The summed E-state index contributed by atoms with van der Waals surface area (Å²) in [7, 11) is 0. The Morgan fingerprint density at radius 1 is 1.50 bits per heavy atom. The second-order valence-electron chi connectivity index (χ2n) is 5.51. The van der Waals surface area contributed by atoms with Crippen LogP contribution in [-0.2, 0) is 6.42 Å². The molecule has 2 rings (SSSR count). The van der Waals surface area contributed by atoms with Crippen molar-refractivity contribution in [3.63, 3.8) is 0 Å². The fraction of sp³-hybridized carbons (Fsp3) is 0.412. The maximum absolute atomic E-state index is 12.8. The van der Waals surface area contributed by atoms with Crippen molar-refractivity contribution in [2.75, 3.05) is 13.2 Å². The monoisotopic (exact) mass is 336 g/mol. The standard InChI is InChI=1S/C17H21FN2O4/c1-3-4-5-16-20-13-6-11(2)14(7-15(13)24-16)23-10-12(8-18)9-19-17(21)22/h6-8,19H,3-5,9-10H2,1-2H3,(H,21,22)/b12-8+. The van der Waals surface area contributed by atoms with E-state index < -0.39 is 6.09 Å². The van der Waals surface area contributed by atoms with Gasteiger partial charge in [-0.05, 0) is 25.0 Å². The van der Waals surface area contributed by atoms with Gasteiger partial charge in [-0.3, -0.25) is 0 Å². The highest BCUT2D eigenvalue weighted by molar-refractivity contribution is 5.76. The van der Waals surface area contributed by atoms with Gasteiger partial charge in [0.15, 0.2) is 11.5 Å². The summed E-state index contributed by atoms with van der Waals surface area (Å²) in [4.78, 5) is 14.9. The number of nitrogens with one attached hydrogen (secondary N) is 1. The zero-order chi connectivity index (χ0) is 17.5. The van der Waals surface area contributed by atoms with Crippen LogP contribution in [0.4, 0.5) is 9.18 Å². The van der Waals surface area contributed by atoms with Crippen LogP contribution in [0.5, 0.6) is 5.75 Å². The Hall–Kier alpha value is -2.57. The molecular weight excluding hydrogens is 315 g/mol. The van der Waals surface area contributed by atoms with Gasteiger partial charge >= 0.3 is 6.09 Å². The van der Waals surface area contributed by atoms with Crippen molar-refractivity contribution in [3.8, 4) is 5.75 Å². The number of carbonyl (C=O) groups is 1. The maximum atomic E-state index is 12.8. The molecular formula is C17H21FN2O4. The molecule has 0 aliphatic carbocycles. The molecule has 1 aromatic heterocycles. The summed E-state index contributed by atoms with van der Waals surface area (Å²) in [5.74, 6) is 1.24. The van der Waals surface area contributed by atoms with Gasteiger partial charge in [0, 0.05) is 24.6 Å². The van der Waals surface area contributed by atoms with Gasteiger partial charge in [0.05, 0.1) is 6.33 Å². The van der Waals surface area contributed by atoms with Gasteiger partial charge in [0.1, 0.15) is 17.9 Å². The quantitative estimate of drug-likeness (QED) is 0.762. The van der Waals surface area contributed by atoms with Crippen LogP contribution in [0.15, 0.2) is 28.5 Å². The predicted molar refractivity (Wildman–Crippen MR) is 88.1 cm³/mol. The van der Waals surface area contributed by atoms with Crippen LogP contribution in [0.3, 0.4) is 0 Å². The summed E-state index contributed by atoms with van der Waals surface area (Å²) in [6.45, 7) is 3.79. The Labute approximate surface area is 139 Å². The Bertz CT molecular complexity index is 740. The van der Waals surface area contributed by atoms with Crippen LogP contribution < -0.4 is 10.1 Å².